The highest BCUT2D eigenvalue weighted by atomic mass is 32.1. The number of thiazole rings is 2. The lowest BCUT2D eigenvalue weighted by Crippen LogP contribution is -2.42. The first-order valence-electron chi connectivity index (χ1n) is 27.0. The second kappa shape index (κ2) is 23.6. The highest BCUT2D eigenvalue weighted by Gasteiger charge is 2.29. The number of piperidine rings is 2. The lowest BCUT2D eigenvalue weighted by Gasteiger charge is -2.30. The molecule has 74 heavy (non-hydrogen) atoms. The average molecular weight is 1050 g/mol. The van der Waals surface area contributed by atoms with Gasteiger partial charge in [0.05, 0.1) is 47.2 Å². The van der Waals surface area contributed by atoms with Crippen molar-refractivity contribution in [2.45, 2.75) is 113 Å². The molecule has 396 valence electrons. The third kappa shape index (κ3) is 11.7. The van der Waals surface area contributed by atoms with Crippen LogP contribution in [0.4, 0.5) is 34.9 Å². The minimum absolute atomic E-state index is 0.141. The fourth-order valence-electron chi connectivity index (χ4n) is 11.1. The largest absolute Gasteiger partial charge is 0.379 e. The maximum Gasteiger partial charge on any atom is 0.264 e. The van der Waals surface area contributed by atoms with E-state index in [0.29, 0.717) is 97.3 Å². The molecule has 4 aliphatic heterocycles. The maximum atomic E-state index is 13.6. The van der Waals surface area contributed by atoms with Crippen molar-refractivity contribution in [1.29, 1.82) is 0 Å². The molecule has 4 aromatic heterocycles. The first-order chi connectivity index (χ1) is 36.3. The van der Waals surface area contributed by atoms with E-state index in [9.17, 15) is 9.59 Å². The second-order valence-electron chi connectivity index (χ2n) is 20.5. The molecule has 2 saturated carbocycles. The number of anilines is 6. The zero-order chi connectivity index (χ0) is 50.4. The van der Waals surface area contributed by atoms with Gasteiger partial charge in [-0.2, -0.15) is 9.97 Å². The van der Waals surface area contributed by atoms with Gasteiger partial charge in [-0.15, -0.1) is 22.7 Å². The summed E-state index contributed by atoms with van der Waals surface area (Å²) in [6, 6.07) is 13.5. The van der Waals surface area contributed by atoms with Gasteiger partial charge in [-0.05, 0) is 88.7 Å². The van der Waals surface area contributed by atoms with Crippen LogP contribution in [-0.4, -0.2) is 145 Å². The lowest BCUT2D eigenvalue weighted by molar-refractivity contribution is 0.122. The predicted octanol–water partition coefficient (Wildman–Crippen LogP) is 5.46. The van der Waals surface area contributed by atoms with Gasteiger partial charge in [0.15, 0.2) is 0 Å². The van der Waals surface area contributed by atoms with Crippen LogP contribution >= 0.6 is 22.7 Å². The van der Waals surface area contributed by atoms with E-state index in [1.54, 1.807) is 0 Å². The number of nitrogens with two attached hydrogens (primary N) is 2. The van der Waals surface area contributed by atoms with Crippen molar-refractivity contribution >= 4 is 78.0 Å². The Kier molecular flexibility index (Phi) is 16.2. The number of morpholine rings is 2. The summed E-state index contributed by atoms with van der Waals surface area (Å²) in [7, 11) is 0. The number of aromatic nitrogens is 6. The highest BCUT2D eigenvalue weighted by Crippen LogP contribution is 2.38. The number of H-pyrrole nitrogens is 2. The fourth-order valence-corrected chi connectivity index (χ4v) is 13.2. The molecule has 12 N–H and O–H groups in total. The molecule has 0 bridgehead atoms. The van der Waals surface area contributed by atoms with Crippen LogP contribution in [0.5, 0.6) is 0 Å². The Morgan fingerprint density at radius 1 is 0.541 bits per heavy atom. The number of rotatable bonds is 12. The van der Waals surface area contributed by atoms with Crippen molar-refractivity contribution in [3.63, 3.8) is 0 Å². The summed E-state index contributed by atoms with van der Waals surface area (Å²) < 4.78 is 13.1. The molecular weight excluding hydrogens is 977 g/mol. The van der Waals surface area contributed by atoms with Crippen LogP contribution < -0.4 is 64.3 Å². The molecule has 20 nitrogen and oxygen atoms in total. The summed E-state index contributed by atoms with van der Waals surface area (Å²) in [4.78, 5) is 57.3. The van der Waals surface area contributed by atoms with E-state index in [1.165, 1.54) is 48.4 Å². The van der Waals surface area contributed by atoms with Gasteiger partial charge in [0, 0.05) is 75.5 Å². The normalized spacial score (nSPS) is 24.8. The number of aromatic amines is 2. The van der Waals surface area contributed by atoms with Gasteiger partial charge >= 0.3 is 0 Å². The van der Waals surface area contributed by atoms with E-state index in [2.05, 4.69) is 75.9 Å². The summed E-state index contributed by atoms with van der Waals surface area (Å²) in [5, 5.41) is 22.7. The monoisotopic (exact) mass is 1050 g/mol. The van der Waals surface area contributed by atoms with Crippen molar-refractivity contribution in [2.24, 2.45) is 11.5 Å². The van der Waals surface area contributed by atoms with Crippen LogP contribution in [0.3, 0.4) is 0 Å². The second-order valence-corrected chi connectivity index (χ2v) is 22.6. The Labute approximate surface area is 439 Å². The van der Waals surface area contributed by atoms with E-state index in [4.69, 9.17) is 40.9 Å². The van der Waals surface area contributed by atoms with Crippen LogP contribution in [0.15, 0.2) is 46.0 Å². The Bertz CT molecular complexity index is 2760. The number of nitrogens with zero attached hydrogens (tertiary/aromatic N) is 6. The molecule has 4 saturated heterocycles. The zero-order valence-corrected chi connectivity index (χ0v) is 43.8. The molecule has 6 aliphatic rings. The Hall–Kier alpha value is -5.46. The number of hydrogen-bond acceptors (Lipinski definition) is 20. The SMILES string of the molecule is N[C@@H]1CCCC[C@@H]1Nc1cccc2sc(-c3c(N[C@@H]4CCCNC4)nc(N4CCOCC4)[nH]c3=O)nc12.N[C@H]1CCCC[C@@H]1Nc1cccc2sc(-c3c(N[C@@H]4CCCNC4)nc(N4CCOCC4)[nH]c3=O)nc12. The van der Waals surface area contributed by atoms with Crippen molar-refractivity contribution in [3.8, 4) is 21.1 Å². The van der Waals surface area contributed by atoms with Gasteiger partial charge in [-0.25, -0.2) is 9.97 Å². The standard InChI is InChI=1S/2C26H36N8O2S/c2*27-17-6-1-2-7-18(17)30-19-8-3-9-20-22(19)31-25(37-20)21-23(29-16-5-4-10-28-15-16)32-26(33-24(21)35)34-11-13-36-14-12-34/h2*3,8-9,16-18,28,30H,1-2,4-7,10-15,27H2,(H2,29,32,33,35)/t16-,17+,18+;16-,17-,18+/m11/s1. The highest BCUT2D eigenvalue weighted by molar-refractivity contribution is 7.22. The molecule has 0 amide bonds. The molecule has 0 unspecified atom stereocenters. The Morgan fingerprint density at radius 3 is 1.38 bits per heavy atom. The van der Waals surface area contributed by atoms with Gasteiger partial charge < -0.3 is 62.6 Å². The van der Waals surface area contributed by atoms with Gasteiger partial charge in [0.1, 0.15) is 43.8 Å². The Balaban J connectivity index is 0.000000159. The molecule has 6 fully saturated rings. The molecule has 12 rings (SSSR count). The maximum absolute atomic E-state index is 13.6. The minimum Gasteiger partial charge on any atom is -0.379 e. The van der Waals surface area contributed by atoms with Crippen molar-refractivity contribution in [1.82, 2.24) is 40.5 Å². The van der Waals surface area contributed by atoms with Crippen LogP contribution in [-0.2, 0) is 9.47 Å². The number of nitrogens with one attached hydrogen (secondary N) is 8. The molecule has 6 aromatic rings. The van der Waals surface area contributed by atoms with Gasteiger partial charge in [0.25, 0.3) is 11.1 Å². The first kappa shape index (κ1) is 50.7. The third-order valence-electron chi connectivity index (χ3n) is 15.3. The Morgan fingerprint density at radius 2 is 0.973 bits per heavy atom. The summed E-state index contributed by atoms with van der Waals surface area (Å²) in [5.41, 5.74) is 17.2. The van der Waals surface area contributed by atoms with Crippen LogP contribution in [0.1, 0.15) is 77.0 Å². The minimum atomic E-state index is -0.175. The number of para-hydroxylation sites is 2. The number of fused-ring (bicyclic) bond motifs is 2. The molecule has 22 heteroatoms. The molecule has 2 aliphatic carbocycles. The van der Waals surface area contributed by atoms with E-state index >= 15 is 0 Å². The summed E-state index contributed by atoms with van der Waals surface area (Å²) >= 11 is 3.06. The van der Waals surface area contributed by atoms with E-state index in [1.807, 2.05) is 12.1 Å². The van der Waals surface area contributed by atoms with Gasteiger partial charge in [-0.1, -0.05) is 37.8 Å². The lowest BCUT2D eigenvalue weighted by atomic mass is 9.91. The molecule has 6 atom stereocenters. The summed E-state index contributed by atoms with van der Waals surface area (Å²) in [5.74, 6) is 2.36. The smallest absolute Gasteiger partial charge is 0.264 e. The van der Waals surface area contributed by atoms with Crippen molar-refractivity contribution in [3.05, 3.63) is 57.1 Å². The molecule has 8 heterocycles. The molecular formula is C52H72N16O4S2. The first-order valence-corrected chi connectivity index (χ1v) is 28.7. The van der Waals surface area contributed by atoms with Crippen molar-refractivity contribution < 1.29 is 9.47 Å². The zero-order valence-electron chi connectivity index (χ0n) is 42.2. The molecule has 2 aromatic carbocycles. The van der Waals surface area contributed by atoms with Crippen LogP contribution in [0.25, 0.3) is 41.6 Å². The topological polar surface area (TPSA) is 266 Å². The van der Waals surface area contributed by atoms with Crippen LogP contribution in [0.2, 0.25) is 0 Å². The van der Waals surface area contributed by atoms with E-state index in [-0.39, 0.29) is 47.4 Å². The number of benzene rings is 2. The average Bonchev–Trinajstić information content (AvgIpc) is 4.07. The van der Waals surface area contributed by atoms with E-state index < -0.39 is 0 Å². The molecule has 0 radical (unpaired) electrons. The van der Waals surface area contributed by atoms with E-state index in [0.717, 1.165) is 109 Å². The van der Waals surface area contributed by atoms with Gasteiger partial charge in [-0.3, -0.25) is 19.6 Å². The summed E-state index contributed by atoms with van der Waals surface area (Å²) in [6.07, 6.45) is 13.2. The quantitative estimate of drug-likeness (QED) is 0.0730. The van der Waals surface area contributed by atoms with Crippen molar-refractivity contribution in [2.75, 3.05) is 110 Å². The predicted molar refractivity (Wildman–Crippen MR) is 300 cm³/mol. The third-order valence-corrected chi connectivity index (χ3v) is 17.4. The van der Waals surface area contributed by atoms with Crippen LogP contribution in [0, 0.1) is 0 Å². The fraction of sp³-hybridized carbons (Fsp3) is 0.577. The van der Waals surface area contributed by atoms with Gasteiger partial charge in [0.2, 0.25) is 11.9 Å². The molecule has 0 spiro atoms. The number of ether oxygens (including phenoxy) is 2. The summed E-state index contributed by atoms with van der Waals surface area (Å²) in [6.45, 7) is 9.02. The number of hydrogen-bond donors (Lipinski definition) is 10.